The second kappa shape index (κ2) is 7.39. The molecule has 1 aliphatic rings. The summed E-state index contributed by atoms with van der Waals surface area (Å²) in [6, 6.07) is 8.75. The number of benzene rings is 1. The molecule has 0 heterocycles. The zero-order valence-corrected chi connectivity index (χ0v) is 11.5. The van der Waals surface area contributed by atoms with Crippen molar-refractivity contribution in [1.82, 2.24) is 5.32 Å². The van der Waals surface area contributed by atoms with Gasteiger partial charge in [-0.05, 0) is 37.3 Å². The lowest BCUT2D eigenvalue weighted by atomic mass is 9.88. The second-order valence-corrected chi connectivity index (χ2v) is 4.33. The van der Waals surface area contributed by atoms with Crippen LogP contribution >= 0.6 is 12.4 Å². The Kier molecular flexibility index (Phi) is 6.16. The summed E-state index contributed by atoms with van der Waals surface area (Å²) in [6.07, 6.45) is 3.42. The standard InChI is InChI=1S/C14H19NO2.ClH/c1-2-17-14(16)10-15-13-9-5-7-11-6-3-4-8-12(11)13;/h3-4,6,8,13,15H,2,5,7,9-10H2,1H3;1H. The summed E-state index contributed by atoms with van der Waals surface area (Å²) in [6.45, 7) is 2.57. The number of hydrogen-bond donors (Lipinski definition) is 1. The van der Waals surface area contributed by atoms with Gasteiger partial charge in [0.25, 0.3) is 0 Å². The molecule has 100 valence electrons. The Hall–Kier alpha value is -1.06. The van der Waals surface area contributed by atoms with Crippen molar-refractivity contribution in [3.63, 3.8) is 0 Å². The SMILES string of the molecule is CCOC(=O)CNC1CCCc2ccccc21.Cl. The summed E-state index contributed by atoms with van der Waals surface area (Å²) in [5.41, 5.74) is 2.74. The highest BCUT2D eigenvalue weighted by atomic mass is 35.5. The molecule has 0 aliphatic heterocycles. The molecule has 0 bridgehead atoms. The van der Waals surface area contributed by atoms with Gasteiger partial charge < -0.3 is 10.1 Å². The van der Waals surface area contributed by atoms with Crippen LogP contribution in [0.3, 0.4) is 0 Å². The molecule has 1 aromatic rings. The summed E-state index contributed by atoms with van der Waals surface area (Å²) >= 11 is 0. The van der Waals surface area contributed by atoms with Crippen molar-refractivity contribution in [2.45, 2.75) is 32.2 Å². The lowest BCUT2D eigenvalue weighted by Gasteiger charge is -2.26. The molecule has 18 heavy (non-hydrogen) atoms. The number of carbonyl (C=O) groups excluding carboxylic acids is 1. The molecule has 2 rings (SSSR count). The molecule has 0 saturated carbocycles. The Morgan fingerprint density at radius 1 is 1.44 bits per heavy atom. The number of halogens is 1. The molecule has 0 aromatic heterocycles. The van der Waals surface area contributed by atoms with Gasteiger partial charge in [0.1, 0.15) is 0 Å². The van der Waals surface area contributed by atoms with Crippen LogP contribution in [0.5, 0.6) is 0 Å². The van der Waals surface area contributed by atoms with Gasteiger partial charge in [0, 0.05) is 6.04 Å². The van der Waals surface area contributed by atoms with Gasteiger partial charge in [0.15, 0.2) is 0 Å². The van der Waals surface area contributed by atoms with Crippen LogP contribution in [0.1, 0.15) is 36.9 Å². The first kappa shape index (κ1) is 15.0. The fraction of sp³-hybridized carbons (Fsp3) is 0.500. The van der Waals surface area contributed by atoms with Gasteiger partial charge >= 0.3 is 5.97 Å². The fourth-order valence-electron chi connectivity index (χ4n) is 2.38. The molecular weight excluding hydrogens is 250 g/mol. The number of aryl methyl sites for hydroxylation is 1. The smallest absolute Gasteiger partial charge is 0.319 e. The van der Waals surface area contributed by atoms with Gasteiger partial charge in [-0.3, -0.25) is 4.79 Å². The molecule has 0 saturated heterocycles. The van der Waals surface area contributed by atoms with Crippen LogP contribution < -0.4 is 5.32 Å². The van der Waals surface area contributed by atoms with Gasteiger partial charge in [-0.2, -0.15) is 0 Å². The number of ether oxygens (including phenoxy) is 1. The maximum atomic E-state index is 11.3. The molecule has 0 amide bonds. The minimum absolute atomic E-state index is 0. The largest absolute Gasteiger partial charge is 0.465 e. The van der Waals surface area contributed by atoms with Crippen LogP contribution in [0, 0.1) is 0 Å². The lowest BCUT2D eigenvalue weighted by molar-refractivity contribution is -0.142. The van der Waals surface area contributed by atoms with E-state index in [4.69, 9.17) is 4.74 Å². The summed E-state index contributed by atoms with van der Waals surface area (Å²) in [5.74, 6) is -0.171. The first-order valence-corrected chi connectivity index (χ1v) is 6.28. The minimum atomic E-state index is -0.171. The van der Waals surface area contributed by atoms with Crippen molar-refractivity contribution in [2.75, 3.05) is 13.2 Å². The number of hydrogen-bond acceptors (Lipinski definition) is 3. The fourth-order valence-corrected chi connectivity index (χ4v) is 2.38. The molecule has 0 fully saturated rings. The maximum Gasteiger partial charge on any atom is 0.319 e. The first-order chi connectivity index (χ1) is 8.31. The molecule has 0 spiro atoms. The van der Waals surface area contributed by atoms with E-state index in [9.17, 15) is 4.79 Å². The molecule has 3 nitrogen and oxygen atoms in total. The van der Waals surface area contributed by atoms with Gasteiger partial charge in [0.05, 0.1) is 13.2 Å². The lowest BCUT2D eigenvalue weighted by Crippen LogP contribution is -2.31. The topological polar surface area (TPSA) is 38.3 Å². The number of esters is 1. The van der Waals surface area contributed by atoms with E-state index in [1.54, 1.807) is 0 Å². The Labute approximate surface area is 114 Å². The summed E-state index contributed by atoms with van der Waals surface area (Å²) in [5, 5.41) is 3.29. The van der Waals surface area contributed by atoms with Crippen molar-refractivity contribution in [2.24, 2.45) is 0 Å². The van der Waals surface area contributed by atoms with Crippen molar-refractivity contribution in [3.8, 4) is 0 Å². The van der Waals surface area contributed by atoms with E-state index in [-0.39, 0.29) is 18.4 Å². The number of fused-ring (bicyclic) bond motifs is 1. The van der Waals surface area contributed by atoms with Crippen molar-refractivity contribution in [3.05, 3.63) is 35.4 Å². The van der Waals surface area contributed by atoms with Crippen LogP contribution in [0.15, 0.2) is 24.3 Å². The van der Waals surface area contributed by atoms with E-state index in [0.717, 1.165) is 12.8 Å². The third-order valence-electron chi connectivity index (χ3n) is 3.17. The zero-order valence-electron chi connectivity index (χ0n) is 10.6. The summed E-state index contributed by atoms with van der Waals surface area (Å²) in [4.78, 5) is 11.3. The molecule has 4 heteroatoms. The Morgan fingerprint density at radius 2 is 2.22 bits per heavy atom. The molecule has 1 aromatic carbocycles. The monoisotopic (exact) mass is 269 g/mol. The van der Waals surface area contributed by atoms with Crippen molar-refractivity contribution in [1.29, 1.82) is 0 Å². The number of carbonyl (C=O) groups is 1. The van der Waals surface area contributed by atoms with Crippen LogP contribution in [0.2, 0.25) is 0 Å². The predicted molar refractivity (Wildman–Crippen MR) is 74.0 cm³/mol. The van der Waals surface area contributed by atoms with Gasteiger partial charge in [-0.1, -0.05) is 24.3 Å². The highest BCUT2D eigenvalue weighted by Crippen LogP contribution is 2.29. The zero-order chi connectivity index (χ0) is 12.1. The normalized spacial score (nSPS) is 17.5. The molecule has 1 N–H and O–H groups in total. The molecule has 0 radical (unpaired) electrons. The average molecular weight is 270 g/mol. The summed E-state index contributed by atoms with van der Waals surface area (Å²) in [7, 11) is 0. The Balaban J connectivity index is 0.00000162. The van der Waals surface area contributed by atoms with E-state index in [0.29, 0.717) is 19.2 Å². The highest BCUT2D eigenvalue weighted by molar-refractivity contribution is 5.85. The van der Waals surface area contributed by atoms with Crippen LogP contribution in [-0.2, 0) is 16.0 Å². The van der Waals surface area contributed by atoms with E-state index in [1.807, 2.05) is 6.92 Å². The molecular formula is C14H20ClNO2. The van der Waals surface area contributed by atoms with Crippen LogP contribution in [0.25, 0.3) is 0 Å². The summed E-state index contributed by atoms with van der Waals surface area (Å²) < 4.78 is 4.92. The van der Waals surface area contributed by atoms with E-state index in [1.165, 1.54) is 17.5 Å². The van der Waals surface area contributed by atoms with E-state index in [2.05, 4.69) is 29.6 Å². The quantitative estimate of drug-likeness (QED) is 0.854. The first-order valence-electron chi connectivity index (χ1n) is 6.28. The number of nitrogens with one attached hydrogen (secondary N) is 1. The van der Waals surface area contributed by atoms with E-state index >= 15 is 0 Å². The van der Waals surface area contributed by atoms with Gasteiger partial charge in [-0.15, -0.1) is 12.4 Å². The third kappa shape index (κ3) is 3.72. The maximum absolute atomic E-state index is 11.3. The Morgan fingerprint density at radius 3 is 3.00 bits per heavy atom. The highest BCUT2D eigenvalue weighted by Gasteiger charge is 2.19. The van der Waals surface area contributed by atoms with Crippen molar-refractivity contribution >= 4 is 18.4 Å². The molecule has 1 aliphatic carbocycles. The van der Waals surface area contributed by atoms with Gasteiger partial charge in [0.2, 0.25) is 0 Å². The molecule has 1 unspecified atom stereocenters. The van der Waals surface area contributed by atoms with Gasteiger partial charge in [-0.25, -0.2) is 0 Å². The number of rotatable bonds is 4. The minimum Gasteiger partial charge on any atom is -0.465 e. The average Bonchev–Trinajstić information content (AvgIpc) is 2.36. The predicted octanol–water partition coefficient (Wildman–Crippen LogP) is 2.64. The van der Waals surface area contributed by atoms with Crippen molar-refractivity contribution < 1.29 is 9.53 Å². The van der Waals surface area contributed by atoms with Crippen LogP contribution in [-0.4, -0.2) is 19.1 Å². The third-order valence-corrected chi connectivity index (χ3v) is 3.17. The Bertz CT molecular complexity index is 395. The second-order valence-electron chi connectivity index (χ2n) is 4.33. The molecule has 1 atom stereocenters. The van der Waals surface area contributed by atoms with E-state index < -0.39 is 0 Å². The van der Waals surface area contributed by atoms with Crippen LogP contribution in [0.4, 0.5) is 0 Å².